The molecule has 104 valence electrons. The molecule has 0 aliphatic rings. The molecule has 0 atom stereocenters. The number of benzene rings is 1. The average Bonchev–Trinajstić information content (AvgIpc) is 2.73. The lowest BCUT2D eigenvalue weighted by Gasteiger charge is -2.06. The van der Waals surface area contributed by atoms with Crippen LogP contribution in [0.2, 0.25) is 0 Å². The summed E-state index contributed by atoms with van der Waals surface area (Å²) in [5, 5.41) is 14.1. The summed E-state index contributed by atoms with van der Waals surface area (Å²) in [7, 11) is 1.92. The Labute approximate surface area is 122 Å². The van der Waals surface area contributed by atoms with Gasteiger partial charge in [-0.2, -0.15) is 5.10 Å². The van der Waals surface area contributed by atoms with Gasteiger partial charge in [-0.25, -0.2) is 4.79 Å². The minimum Gasteiger partial charge on any atom is -0.478 e. The van der Waals surface area contributed by atoms with Gasteiger partial charge in [0.25, 0.3) is 0 Å². The molecule has 0 saturated heterocycles. The number of aliphatic carboxylic acids is 1. The maximum atomic E-state index is 10.6. The standard InChI is InChI=1S/C15H16N2O2S/c1-11-9-14(17(2)16-11)20-10-13-6-4-3-5-12(13)7-8-15(18)19/h3-9H,10H2,1-2H3,(H,18,19). The summed E-state index contributed by atoms with van der Waals surface area (Å²) < 4.78 is 1.86. The first-order valence-electron chi connectivity index (χ1n) is 6.18. The summed E-state index contributed by atoms with van der Waals surface area (Å²) in [4.78, 5) is 10.6. The molecule has 0 saturated carbocycles. The van der Waals surface area contributed by atoms with Gasteiger partial charge in [0.15, 0.2) is 0 Å². The highest BCUT2D eigenvalue weighted by molar-refractivity contribution is 7.98. The molecule has 0 aliphatic carbocycles. The molecular weight excluding hydrogens is 272 g/mol. The molecule has 0 spiro atoms. The molecule has 0 amide bonds. The number of aromatic nitrogens is 2. The van der Waals surface area contributed by atoms with Crippen LogP contribution in [0.4, 0.5) is 0 Å². The third kappa shape index (κ3) is 3.74. The van der Waals surface area contributed by atoms with Crippen molar-refractivity contribution in [3.8, 4) is 0 Å². The van der Waals surface area contributed by atoms with Crippen LogP contribution in [0.5, 0.6) is 0 Å². The van der Waals surface area contributed by atoms with Gasteiger partial charge in [0.2, 0.25) is 0 Å². The van der Waals surface area contributed by atoms with Crippen molar-refractivity contribution in [2.24, 2.45) is 7.05 Å². The first-order valence-corrected chi connectivity index (χ1v) is 7.17. The molecule has 1 N–H and O–H groups in total. The topological polar surface area (TPSA) is 55.1 Å². The van der Waals surface area contributed by atoms with E-state index in [0.29, 0.717) is 0 Å². The van der Waals surface area contributed by atoms with Crippen molar-refractivity contribution in [2.75, 3.05) is 0 Å². The smallest absolute Gasteiger partial charge is 0.328 e. The van der Waals surface area contributed by atoms with E-state index in [0.717, 1.165) is 33.7 Å². The van der Waals surface area contributed by atoms with Gasteiger partial charge in [-0.15, -0.1) is 11.8 Å². The Balaban J connectivity index is 2.13. The van der Waals surface area contributed by atoms with Crippen LogP contribution in [0, 0.1) is 6.92 Å². The molecule has 4 nitrogen and oxygen atoms in total. The monoisotopic (exact) mass is 288 g/mol. The molecule has 5 heteroatoms. The second-order valence-electron chi connectivity index (χ2n) is 4.41. The molecule has 1 heterocycles. The fraction of sp³-hybridized carbons (Fsp3) is 0.200. The fourth-order valence-corrected chi connectivity index (χ4v) is 2.91. The van der Waals surface area contributed by atoms with Crippen molar-refractivity contribution in [2.45, 2.75) is 17.7 Å². The maximum absolute atomic E-state index is 10.6. The lowest BCUT2D eigenvalue weighted by molar-refractivity contribution is -0.131. The molecule has 0 aliphatic heterocycles. The number of thioether (sulfide) groups is 1. The number of rotatable bonds is 5. The van der Waals surface area contributed by atoms with E-state index in [1.54, 1.807) is 17.8 Å². The molecule has 0 unspecified atom stereocenters. The zero-order valence-corrected chi connectivity index (χ0v) is 12.2. The largest absolute Gasteiger partial charge is 0.478 e. The quantitative estimate of drug-likeness (QED) is 0.678. The molecule has 2 rings (SSSR count). The predicted molar refractivity (Wildman–Crippen MR) is 80.6 cm³/mol. The number of nitrogens with zero attached hydrogens (tertiary/aromatic N) is 2. The van der Waals surface area contributed by atoms with Crippen LogP contribution >= 0.6 is 11.8 Å². The van der Waals surface area contributed by atoms with Crippen LogP contribution in [0.25, 0.3) is 6.08 Å². The van der Waals surface area contributed by atoms with Crippen LogP contribution in [-0.2, 0) is 17.6 Å². The second kappa shape index (κ2) is 6.43. The van der Waals surface area contributed by atoms with Crippen molar-refractivity contribution in [1.82, 2.24) is 9.78 Å². The molecular formula is C15H16N2O2S. The zero-order chi connectivity index (χ0) is 14.5. The number of hydrogen-bond donors (Lipinski definition) is 1. The van der Waals surface area contributed by atoms with E-state index in [1.165, 1.54) is 0 Å². The molecule has 2 aromatic rings. The minimum atomic E-state index is -0.935. The van der Waals surface area contributed by atoms with Gasteiger partial charge in [-0.3, -0.25) is 4.68 Å². The van der Waals surface area contributed by atoms with E-state index in [9.17, 15) is 4.79 Å². The van der Waals surface area contributed by atoms with E-state index in [4.69, 9.17) is 5.11 Å². The molecule has 1 aromatic heterocycles. The van der Waals surface area contributed by atoms with Gasteiger partial charge < -0.3 is 5.11 Å². The Morgan fingerprint density at radius 2 is 2.20 bits per heavy atom. The van der Waals surface area contributed by atoms with Crippen molar-refractivity contribution < 1.29 is 9.90 Å². The number of hydrogen-bond acceptors (Lipinski definition) is 3. The minimum absolute atomic E-state index is 0.777. The highest BCUT2D eigenvalue weighted by atomic mass is 32.2. The Morgan fingerprint density at radius 3 is 2.85 bits per heavy atom. The van der Waals surface area contributed by atoms with Gasteiger partial charge in [-0.1, -0.05) is 24.3 Å². The fourth-order valence-electron chi connectivity index (χ4n) is 1.86. The number of carboxylic acids is 1. The maximum Gasteiger partial charge on any atom is 0.328 e. The van der Waals surface area contributed by atoms with E-state index in [1.807, 2.05) is 49.0 Å². The first kappa shape index (κ1) is 14.4. The molecule has 0 fully saturated rings. The number of carboxylic acid groups (broad SMARTS) is 1. The van der Waals surface area contributed by atoms with E-state index in [2.05, 4.69) is 5.10 Å². The summed E-state index contributed by atoms with van der Waals surface area (Å²) in [5.41, 5.74) is 3.03. The first-order chi connectivity index (χ1) is 9.56. The van der Waals surface area contributed by atoms with Gasteiger partial charge in [0.05, 0.1) is 10.7 Å². The lowest BCUT2D eigenvalue weighted by Crippen LogP contribution is -1.94. The summed E-state index contributed by atoms with van der Waals surface area (Å²) in [6, 6.07) is 9.84. The molecule has 0 bridgehead atoms. The molecule has 20 heavy (non-hydrogen) atoms. The van der Waals surface area contributed by atoms with E-state index >= 15 is 0 Å². The molecule has 0 radical (unpaired) electrons. The third-order valence-corrected chi connectivity index (χ3v) is 3.93. The van der Waals surface area contributed by atoms with Gasteiger partial charge in [0, 0.05) is 18.9 Å². The van der Waals surface area contributed by atoms with Gasteiger partial charge in [0.1, 0.15) is 0 Å². The number of aryl methyl sites for hydroxylation is 2. The van der Waals surface area contributed by atoms with Gasteiger partial charge in [-0.05, 0) is 30.2 Å². The van der Waals surface area contributed by atoms with Crippen molar-refractivity contribution in [3.63, 3.8) is 0 Å². The van der Waals surface area contributed by atoms with Crippen LogP contribution in [0.1, 0.15) is 16.8 Å². The molecule has 1 aromatic carbocycles. The Hall–Kier alpha value is -2.01. The van der Waals surface area contributed by atoms with Crippen LogP contribution in [0.3, 0.4) is 0 Å². The van der Waals surface area contributed by atoms with Crippen molar-refractivity contribution >= 4 is 23.8 Å². The summed E-state index contributed by atoms with van der Waals surface area (Å²) in [6.45, 7) is 1.97. The van der Waals surface area contributed by atoms with Crippen molar-refractivity contribution in [3.05, 3.63) is 53.2 Å². The zero-order valence-electron chi connectivity index (χ0n) is 11.4. The summed E-state index contributed by atoms with van der Waals surface area (Å²) in [5.74, 6) is -0.159. The summed E-state index contributed by atoms with van der Waals surface area (Å²) >= 11 is 1.69. The highest BCUT2D eigenvalue weighted by Gasteiger charge is 2.05. The predicted octanol–water partition coefficient (Wildman–Crippen LogP) is 3.12. The highest BCUT2D eigenvalue weighted by Crippen LogP contribution is 2.25. The Morgan fingerprint density at radius 1 is 1.45 bits per heavy atom. The SMILES string of the molecule is Cc1cc(SCc2ccccc2C=CC(=O)O)n(C)n1. The normalized spacial score (nSPS) is 11.1. The average molecular weight is 288 g/mol. The second-order valence-corrected chi connectivity index (χ2v) is 5.40. The number of carbonyl (C=O) groups is 1. The lowest BCUT2D eigenvalue weighted by atomic mass is 10.1. The Bertz CT molecular complexity index is 647. The van der Waals surface area contributed by atoms with E-state index < -0.39 is 5.97 Å². The Kier molecular flexibility index (Phi) is 4.63. The van der Waals surface area contributed by atoms with Crippen LogP contribution in [-0.4, -0.2) is 20.9 Å². The van der Waals surface area contributed by atoms with Gasteiger partial charge >= 0.3 is 5.97 Å². The van der Waals surface area contributed by atoms with Crippen LogP contribution < -0.4 is 0 Å². The van der Waals surface area contributed by atoms with E-state index in [-0.39, 0.29) is 0 Å². The third-order valence-electron chi connectivity index (χ3n) is 2.80. The van der Waals surface area contributed by atoms with Crippen LogP contribution in [0.15, 0.2) is 41.4 Å². The van der Waals surface area contributed by atoms with Crippen molar-refractivity contribution in [1.29, 1.82) is 0 Å². The summed E-state index contributed by atoms with van der Waals surface area (Å²) in [6.07, 6.45) is 2.80.